The zero-order chi connectivity index (χ0) is 22.2. The lowest BCUT2D eigenvalue weighted by Crippen LogP contribution is -2.14. The molecule has 31 heavy (non-hydrogen) atoms. The van der Waals surface area contributed by atoms with Crippen molar-refractivity contribution in [1.29, 1.82) is 0 Å². The van der Waals surface area contributed by atoms with Gasteiger partial charge in [0.15, 0.2) is 5.82 Å². The molecule has 4 aromatic rings. The Bertz CT molecular complexity index is 1230. The predicted molar refractivity (Wildman–Crippen MR) is 125 cm³/mol. The maximum Gasteiger partial charge on any atom is 0.256 e. The van der Waals surface area contributed by atoms with Crippen LogP contribution in [0.15, 0.2) is 54.6 Å². The Balaban J connectivity index is 1.58. The van der Waals surface area contributed by atoms with Gasteiger partial charge in [0, 0.05) is 29.6 Å². The first-order valence-corrected chi connectivity index (χ1v) is 10.4. The summed E-state index contributed by atoms with van der Waals surface area (Å²) in [5, 5.41) is 11.4. The number of amides is 1. The molecule has 0 fully saturated rings. The fourth-order valence-electron chi connectivity index (χ4n) is 3.75. The molecule has 0 spiro atoms. The van der Waals surface area contributed by atoms with Gasteiger partial charge in [0.05, 0.1) is 24.0 Å². The molecule has 0 unspecified atom stereocenters. The van der Waals surface area contributed by atoms with Gasteiger partial charge in [0.1, 0.15) is 5.75 Å². The van der Waals surface area contributed by atoms with Gasteiger partial charge in [-0.3, -0.25) is 9.89 Å². The third kappa shape index (κ3) is 4.06. The van der Waals surface area contributed by atoms with Gasteiger partial charge in [0.25, 0.3) is 5.91 Å². The fourth-order valence-corrected chi connectivity index (χ4v) is 3.75. The molecule has 0 radical (unpaired) electrons. The number of nitrogens with zero attached hydrogens (tertiary/aromatic N) is 2. The van der Waals surface area contributed by atoms with E-state index in [2.05, 4.69) is 53.8 Å². The van der Waals surface area contributed by atoms with Crippen LogP contribution in [-0.4, -0.2) is 27.8 Å². The smallest absolute Gasteiger partial charge is 0.256 e. The highest BCUT2D eigenvalue weighted by atomic mass is 16.5. The highest BCUT2D eigenvalue weighted by Gasteiger charge is 2.16. The minimum atomic E-state index is -0.181. The highest BCUT2D eigenvalue weighted by molar-refractivity contribution is 6.04. The Morgan fingerprint density at radius 3 is 2.48 bits per heavy atom. The van der Waals surface area contributed by atoms with Crippen LogP contribution >= 0.6 is 0 Å². The van der Waals surface area contributed by atoms with Crippen LogP contribution in [0.3, 0.4) is 0 Å². The lowest BCUT2D eigenvalue weighted by Gasteiger charge is -2.18. The maximum atomic E-state index is 12.7. The van der Waals surface area contributed by atoms with E-state index in [9.17, 15) is 4.79 Å². The number of ether oxygens (including phenoxy) is 1. The standard InChI is InChI=1S/C25H28N4O2/c1-6-29-21-14-19(31-5)12-9-17(21)13-22(29)20-15-23(28-27-20)26-24(30)16-7-10-18(11-8-16)25(2,3)4/h7-15H,6H2,1-5H3,(H2,26,27,28,30). The molecule has 0 bridgehead atoms. The van der Waals surface area contributed by atoms with Gasteiger partial charge >= 0.3 is 0 Å². The molecule has 6 heteroatoms. The van der Waals surface area contributed by atoms with Gasteiger partial charge in [-0.1, -0.05) is 32.9 Å². The zero-order valence-corrected chi connectivity index (χ0v) is 18.6. The fraction of sp³-hybridized carbons (Fsp3) is 0.280. The molecule has 160 valence electrons. The first kappa shape index (κ1) is 20.7. The highest BCUT2D eigenvalue weighted by Crippen LogP contribution is 2.31. The summed E-state index contributed by atoms with van der Waals surface area (Å²) < 4.78 is 7.57. The second-order valence-corrected chi connectivity index (χ2v) is 8.65. The van der Waals surface area contributed by atoms with E-state index in [-0.39, 0.29) is 11.3 Å². The first-order chi connectivity index (χ1) is 14.8. The van der Waals surface area contributed by atoms with Crippen molar-refractivity contribution in [2.75, 3.05) is 12.4 Å². The second kappa shape index (κ2) is 7.95. The van der Waals surface area contributed by atoms with Crippen LogP contribution in [0.5, 0.6) is 5.75 Å². The Kier molecular flexibility index (Phi) is 5.31. The van der Waals surface area contributed by atoms with Crippen molar-refractivity contribution in [3.63, 3.8) is 0 Å². The summed E-state index contributed by atoms with van der Waals surface area (Å²) in [4.78, 5) is 12.7. The number of anilines is 1. The van der Waals surface area contributed by atoms with Gasteiger partial charge < -0.3 is 14.6 Å². The molecule has 2 aromatic carbocycles. The molecular formula is C25H28N4O2. The Morgan fingerprint density at radius 1 is 1.10 bits per heavy atom. The van der Waals surface area contributed by atoms with Crippen molar-refractivity contribution in [1.82, 2.24) is 14.8 Å². The van der Waals surface area contributed by atoms with Crippen molar-refractivity contribution in [2.45, 2.75) is 39.7 Å². The van der Waals surface area contributed by atoms with Crippen LogP contribution in [0.4, 0.5) is 5.82 Å². The lowest BCUT2D eigenvalue weighted by molar-refractivity contribution is 0.102. The normalized spacial score (nSPS) is 11.6. The SMILES string of the molecule is CCn1c(-c2cc(NC(=O)c3ccc(C(C)(C)C)cc3)n[nH]2)cc2ccc(OC)cc21. The molecule has 2 N–H and O–H groups in total. The molecule has 4 rings (SSSR count). The van der Waals surface area contributed by atoms with Gasteiger partial charge in [-0.2, -0.15) is 5.10 Å². The van der Waals surface area contributed by atoms with Crippen molar-refractivity contribution in [3.8, 4) is 17.1 Å². The quantitative estimate of drug-likeness (QED) is 0.444. The molecule has 0 atom stereocenters. The van der Waals surface area contributed by atoms with E-state index in [0.29, 0.717) is 11.4 Å². The topological polar surface area (TPSA) is 71.9 Å². The number of aryl methyl sites for hydroxylation is 1. The number of H-pyrrole nitrogens is 1. The Hall–Kier alpha value is -3.54. The van der Waals surface area contributed by atoms with Crippen molar-refractivity contribution in [3.05, 3.63) is 65.7 Å². The average molecular weight is 417 g/mol. The van der Waals surface area contributed by atoms with Crippen LogP contribution in [-0.2, 0) is 12.0 Å². The minimum absolute atomic E-state index is 0.0495. The summed E-state index contributed by atoms with van der Waals surface area (Å²) in [6.45, 7) is 9.35. The van der Waals surface area contributed by atoms with Gasteiger partial charge in [-0.05, 0) is 48.2 Å². The zero-order valence-electron chi connectivity index (χ0n) is 18.6. The second-order valence-electron chi connectivity index (χ2n) is 8.65. The molecular weight excluding hydrogens is 388 g/mol. The molecule has 0 saturated carbocycles. The number of benzene rings is 2. The van der Waals surface area contributed by atoms with Crippen LogP contribution in [0.2, 0.25) is 0 Å². The van der Waals surface area contributed by atoms with E-state index < -0.39 is 0 Å². The summed E-state index contributed by atoms with van der Waals surface area (Å²) in [6.07, 6.45) is 0. The number of carbonyl (C=O) groups is 1. The molecule has 6 nitrogen and oxygen atoms in total. The number of hydrogen-bond acceptors (Lipinski definition) is 3. The van der Waals surface area contributed by atoms with E-state index >= 15 is 0 Å². The number of aromatic nitrogens is 3. The number of methoxy groups -OCH3 is 1. The lowest BCUT2D eigenvalue weighted by atomic mass is 9.87. The van der Waals surface area contributed by atoms with Gasteiger partial charge in [-0.25, -0.2) is 0 Å². The average Bonchev–Trinajstić information content (AvgIpc) is 3.36. The molecule has 0 aliphatic carbocycles. The van der Waals surface area contributed by atoms with Crippen molar-refractivity contribution in [2.24, 2.45) is 0 Å². The van der Waals surface area contributed by atoms with E-state index in [4.69, 9.17) is 4.74 Å². The number of hydrogen-bond donors (Lipinski definition) is 2. The Morgan fingerprint density at radius 2 is 1.84 bits per heavy atom. The minimum Gasteiger partial charge on any atom is -0.497 e. The van der Waals surface area contributed by atoms with E-state index in [1.807, 2.05) is 48.5 Å². The summed E-state index contributed by atoms with van der Waals surface area (Å²) in [7, 11) is 1.67. The largest absolute Gasteiger partial charge is 0.497 e. The summed E-state index contributed by atoms with van der Waals surface area (Å²) >= 11 is 0. The van der Waals surface area contributed by atoms with Crippen LogP contribution in [0.1, 0.15) is 43.6 Å². The van der Waals surface area contributed by atoms with E-state index in [0.717, 1.165) is 34.6 Å². The number of nitrogens with one attached hydrogen (secondary N) is 2. The molecule has 2 heterocycles. The molecule has 0 aliphatic rings. The maximum absolute atomic E-state index is 12.7. The summed E-state index contributed by atoms with van der Waals surface area (Å²) in [5.74, 6) is 1.13. The summed E-state index contributed by atoms with van der Waals surface area (Å²) in [5.41, 5.74) is 4.79. The van der Waals surface area contributed by atoms with Crippen LogP contribution in [0, 0.1) is 0 Å². The number of carbonyl (C=O) groups excluding carboxylic acids is 1. The molecule has 2 aromatic heterocycles. The van der Waals surface area contributed by atoms with Crippen LogP contribution in [0.25, 0.3) is 22.3 Å². The van der Waals surface area contributed by atoms with Gasteiger partial charge in [-0.15, -0.1) is 0 Å². The van der Waals surface area contributed by atoms with Crippen molar-refractivity contribution < 1.29 is 9.53 Å². The van der Waals surface area contributed by atoms with Crippen LogP contribution < -0.4 is 10.1 Å². The van der Waals surface area contributed by atoms with Gasteiger partial charge in [0.2, 0.25) is 0 Å². The number of rotatable bonds is 5. The first-order valence-electron chi connectivity index (χ1n) is 10.4. The van der Waals surface area contributed by atoms with E-state index in [1.165, 1.54) is 5.56 Å². The third-order valence-electron chi connectivity index (χ3n) is 5.54. The molecule has 0 aliphatic heterocycles. The summed E-state index contributed by atoms with van der Waals surface area (Å²) in [6, 6.07) is 17.7. The number of fused-ring (bicyclic) bond motifs is 1. The number of aromatic amines is 1. The van der Waals surface area contributed by atoms with Crippen molar-refractivity contribution >= 4 is 22.6 Å². The molecule has 0 saturated heterocycles. The van der Waals surface area contributed by atoms with E-state index in [1.54, 1.807) is 7.11 Å². The molecule has 1 amide bonds. The predicted octanol–water partition coefficient (Wildman–Crippen LogP) is 5.61. The third-order valence-corrected chi connectivity index (χ3v) is 5.54. The Labute approximate surface area is 182 Å². The monoisotopic (exact) mass is 416 g/mol.